The van der Waals surface area contributed by atoms with Crippen LogP contribution in [-0.2, 0) is 10.1 Å². The monoisotopic (exact) mass is 400 g/mol. The number of H-pyrrole nitrogens is 1. The molecule has 0 fully saturated rings. The maximum atomic E-state index is 9.19. The molecule has 0 unspecified atom stereocenters. The predicted octanol–water partition coefficient (Wildman–Crippen LogP) is 4.78. The topological polar surface area (TPSA) is 92.3 Å². The summed E-state index contributed by atoms with van der Waals surface area (Å²) in [5.74, 6) is 0.747. The van der Waals surface area contributed by atoms with Gasteiger partial charge in [-0.15, -0.1) is 0 Å². The van der Waals surface area contributed by atoms with Crippen molar-refractivity contribution in [2.24, 2.45) is 0 Å². The summed E-state index contributed by atoms with van der Waals surface area (Å²) >= 11 is 0. The van der Waals surface area contributed by atoms with E-state index in [-0.39, 0.29) is 0 Å². The molecule has 0 aliphatic rings. The second-order valence-corrected chi connectivity index (χ2v) is 8.26. The van der Waals surface area contributed by atoms with Crippen molar-refractivity contribution in [2.75, 3.05) is 12.9 Å². The molecule has 0 saturated carbocycles. The van der Waals surface area contributed by atoms with E-state index in [1.165, 1.54) is 38.3 Å². The maximum Gasteiger partial charge on any atom is 0.261 e. The van der Waals surface area contributed by atoms with E-state index < -0.39 is 10.1 Å². The molecule has 0 saturated heterocycles. The standard InChI is InChI=1S/C20H20N2O.CH4O3S/c1-4-11-23-20-18-13(3)17-15-7-5-6-8-16(15)22-19(17)12(2)14(18)9-10-21-20;1-5(2,3)4/h5-10,22H,4,11H2,1-3H3;1H3,(H,2,3,4). The average Bonchev–Trinajstić information content (AvgIpc) is 3.03. The number of nitrogens with zero attached hydrogens (tertiary/aromatic N) is 1. The number of aromatic nitrogens is 2. The van der Waals surface area contributed by atoms with E-state index in [1.807, 2.05) is 6.20 Å². The molecular formula is C21H24N2O4S. The molecule has 4 rings (SSSR count). The second-order valence-electron chi connectivity index (χ2n) is 6.79. The Labute approximate surface area is 164 Å². The number of hydrogen-bond donors (Lipinski definition) is 2. The minimum absolute atomic E-state index is 0.691. The van der Waals surface area contributed by atoms with Gasteiger partial charge in [0, 0.05) is 27.9 Å². The van der Waals surface area contributed by atoms with Crippen LogP contribution in [-0.4, -0.2) is 35.8 Å². The zero-order valence-electron chi connectivity index (χ0n) is 16.4. The number of aryl methyl sites for hydroxylation is 2. The zero-order chi connectivity index (χ0) is 20.5. The van der Waals surface area contributed by atoms with E-state index in [0.717, 1.165) is 17.7 Å². The summed E-state index contributed by atoms with van der Waals surface area (Å²) in [7, 11) is -3.67. The van der Waals surface area contributed by atoms with Crippen LogP contribution in [0.15, 0.2) is 36.5 Å². The molecule has 6 nitrogen and oxygen atoms in total. The van der Waals surface area contributed by atoms with Gasteiger partial charge in [-0.2, -0.15) is 8.42 Å². The number of fused-ring (bicyclic) bond motifs is 4. The first kappa shape index (κ1) is 20.1. The molecular weight excluding hydrogens is 376 g/mol. The zero-order valence-corrected chi connectivity index (χ0v) is 17.2. The Hall–Kier alpha value is -2.64. The molecule has 0 aliphatic heterocycles. The van der Waals surface area contributed by atoms with Gasteiger partial charge in [0.05, 0.1) is 18.4 Å². The summed E-state index contributed by atoms with van der Waals surface area (Å²) in [6.07, 6.45) is 3.53. The lowest BCUT2D eigenvalue weighted by atomic mass is 9.96. The smallest absolute Gasteiger partial charge is 0.261 e. The van der Waals surface area contributed by atoms with Crippen LogP contribution in [0, 0.1) is 13.8 Å². The normalized spacial score (nSPS) is 11.6. The van der Waals surface area contributed by atoms with Crippen molar-refractivity contribution < 1.29 is 17.7 Å². The summed E-state index contributed by atoms with van der Waals surface area (Å²) in [4.78, 5) is 8.07. The fourth-order valence-electron chi connectivity index (χ4n) is 3.50. The van der Waals surface area contributed by atoms with Gasteiger partial charge < -0.3 is 9.72 Å². The van der Waals surface area contributed by atoms with Crippen molar-refractivity contribution in [1.82, 2.24) is 9.97 Å². The number of nitrogens with one attached hydrogen (secondary N) is 1. The number of rotatable bonds is 3. The van der Waals surface area contributed by atoms with Crippen LogP contribution in [0.5, 0.6) is 5.88 Å². The number of para-hydroxylation sites is 1. The molecule has 0 radical (unpaired) electrons. The molecule has 0 spiro atoms. The summed E-state index contributed by atoms with van der Waals surface area (Å²) in [5.41, 5.74) is 4.87. The van der Waals surface area contributed by atoms with Gasteiger partial charge in [-0.1, -0.05) is 25.1 Å². The Kier molecular flexibility index (Phi) is 5.58. The first-order valence-corrected chi connectivity index (χ1v) is 10.9. The second kappa shape index (κ2) is 7.77. The molecule has 2 aromatic heterocycles. The van der Waals surface area contributed by atoms with Gasteiger partial charge in [0.25, 0.3) is 10.1 Å². The van der Waals surface area contributed by atoms with Crippen LogP contribution in [0.4, 0.5) is 0 Å². The average molecular weight is 401 g/mol. The maximum absolute atomic E-state index is 9.19. The fourth-order valence-corrected chi connectivity index (χ4v) is 3.50. The van der Waals surface area contributed by atoms with Crippen molar-refractivity contribution in [3.63, 3.8) is 0 Å². The van der Waals surface area contributed by atoms with Crippen LogP contribution in [0.3, 0.4) is 0 Å². The van der Waals surface area contributed by atoms with E-state index in [9.17, 15) is 8.42 Å². The van der Waals surface area contributed by atoms with Crippen molar-refractivity contribution in [3.8, 4) is 5.88 Å². The third-order valence-corrected chi connectivity index (χ3v) is 4.59. The van der Waals surface area contributed by atoms with E-state index in [2.05, 4.69) is 61.1 Å². The van der Waals surface area contributed by atoms with Gasteiger partial charge in [0.15, 0.2) is 0 Å². The lowest BCUT2D eigenvalue weighted by Crippen LogP contribution is -1.99. The van der Waals surface area contributed by atoms with E-state index >= 15 is 0 Å². The summed E-state index contributed by atoms with van der Waals surface area (Å²) in [6, 6.07) is 10.5. The minimum Gasteiger partial charge on any atom is -0.477 e. The summed E-state index contributed by atoms with van der Waals surface area (Å²) in [6.45, 7) is 7.14. The highest BCUT2D eigenvalue weighted by Gasteiger charge is 2.17. The lowest BCUT2D eigenvalue weighted by Gasteiger charge is -2.13. The van der Waals surface area contributed by atoms with Crippen molar-refractivity contribution in [3.05, 3.63) is 47.7 Å². The van der Waals surface area contributed by atoms with Gasteiger partial charge >= 0.3 is 0 Å². The van der Waals surface area contributed by atoms with Gasteiger partial charge in [-0.3, -0.25) is 4.55 Å². The molecule has 0 amide bonds. The van der Waals surface area contributed by atoms with Crippen molar-refractivity contribution >= 4 is 42.7 Å². The van der Waals surface area contributed by atoms with Gasteiger partial charge in [-0.25, -0.2) is 4.98 Å². The van der Waals surface area contributed by atoms with E-state index in [4.69, 9.17) is 9.29 Å². The number of aromatic amines is 1. The number of pyridine rings is 1. The Morgan fingerprint density at radius 1 is 1.07 bits per heavy atom. The van der Waals surface area contributed by atoms with E-state index in [1.54, 1.807) is 0 Å². The number of ether oxygens (including phenoxy) is 1. The van der Waals surface area contributed by atoms with Crippen LogP contribution >= 0.6 is 0 Å². The molecule has 4 aromatic rings. The van der Waals surface area contributed by atoms with Crippen LogP contribution in [0.1, 0.15) is 24.5 Å². The van der Waals surface area contributed by atoms with Crippen LogP contribution < -0.4 is 4.74 Å². The first-order valence-electron chi connectivity index (χ1n) is 9.06. The molecule has 2 N–H and O–H groups in total. The SMILES string of the molecule is CCCOc1nccc2c(C)c3[nH]c4ccccc4c3c(C)c12.CS(=O)(=O)O. The van der Waals surface area contributed by atoms with E-state index in [0.29, 0.717) is 12.9 Å². The Morgan fingerprint density at radius 2 is 1.75 bits per heavy atom. The van der Waals surface area contributed by atoms with Crippen molar-refractivity contribution in [1.29, 1.82) is 0 Å². The highest BCUT2D eigenvalue weighted by atomic mass is 32.2. The molecule has 0 aliphatic carbocycles. The fraction of sp³-hybridized carbons (Fsp3) is 0.286. The Balaban J connectivity index is 0.000000403. The van der Waals surface area contributed by atoms with Gasteiger partial charge in [0.1, 0.15) is 0 Å². The van der Waals surface area contributed by atoms with Crippen LogP contribution in [0.2, 0.25) is 0 Å². The Morgan fingerprint density at radius 3 is 2.43 bits per heavy atom. The van der Waals surface area contributed by atoms with Crippen LogP contribution in [0.25, 0.3) is 32.6 Å². The first-order chi connectivity index (χ1) is 13.2. The van der Waals surface area contributed by atoms with Crippen molar-refractivity contribution in [2.45, 2.75) is 27.2 Å². The largest absolute Gasteiger partial charge is 0.477 e. The summed E-state index contributed by atoms with van der Waals surface area (Å²) < 4.78 is 31.8. The summed E-state index contributed by atoms with van der Waals surface area (Å²) in [5, 5.41) is 4.88. The molecule has 0 bridgehead atoms. The molecule has 148 valence electrons. The Bertz CT molecular complexity index is 1250. The number of hydrogen-bond acceptors (Lipinski definition) is 4. The number of benzene rings is 2. The molecule has 2 heterocycles. The third kappa shape index (κ3) is 3.95. The third-order valence-electron chi connectivity index (χ3n) is 4.59. The van der Waals surface area contributed by atoms with Gasteiger partial charge in [-0.05, 0) is 48.9 Å². The minimum atomic E-state index is -3.67. The lowest BCUT2D eigenvalue weighted by molar-refractivity contribution is 0.309. The predicted molar refractivity (Wildman–Crippen MR) is 114 cm³/mol. The molecule has 7 heteroatoms. The molecule has 0 atom stereocenters. The highest BCUT2D eigenvalue weighted by Crippen LogP contribution is 2.39. The quantitative estimate of drug-likeness (QED) is 0.483. The highest BCUT2D eigenvalue weighted by molar-refractivity contribution is 7.85. The molecule has 28 heavy (non-hydrogen) atoms. The van der Waals surface area contributed by atoms with Gasteiger partial charge in [0.2, 0.25) is 5.88 Å². The molecule has 2 aromatic carbocycles.